The Morgan fingerprint density at radius 2 is 1.91 bits per heavy atom. The Bertz CT molecular complexity index is 1160. The number of nitrogens with zero attached hydrogens (tertiary/aromatic N) is 2. The average molecular weight is 511 g/mol. The highest BCUT2D eigenvalue weighted by Gasteiger charge is 2.25. The van der Waals surface area contributed by atoms with Gasteiger partial charge in [0.2, 0.25) is 0 Å². The number of nitrogens with one attached hydrogen (secondary N) is 2. The number of hydrogen-bond donors (Lipinski definition) is 2. The van der Waals surface area contributed by atoms with E-state index in [1.807, 2.05) is 29.6 Å². The third kappa shape index (κ3) is 6.44. The summed E-state index contributed by atoms with van der Waals surface area (Å²) < 4.78 is 13.3. The molecule has 1 aliphatic rings. The van der Waals surface area contributed by atoms with Crippen LogP contribution >= 0.6 is 23.6 Å². The summed E-state index contributed by atoms with van der Waals surface area (Å²) >= 11 is 7.15. The molecule has 184 valence electrons. The van der Waals surface area contributed by atoms with E-state index < -0.39 is 0 Å². The highest BCUT2D eigenvalue weighted by Crippen LogP contribution is 2.32. The van der Waals surface area contributed by atoms with E-state index in [-0.39, 0.29) is 11.7 Å². The number of piperidine rings is 1. The second-order valence-electron chi connectivity index (χ2n) is 8.98. The number of para-hydroxylation sites is 1. The minimum absolute atomic E-state index is 0.241. The van der Waals surface area contributed by atoms with Crippen molar-refractivity contribution in [2.75, 3.05) is 18.4 Å². The fourth-order valence-electron chi connectivity index (χ4n) is 4.38. The standard InChI is InChI=1S/C27H31FN4OS2/c1-3-6-18(2)29-27(34)32-15-13-20(14-16-32)26-31-24(17-35-26)25(33)30-23-8-5-4-7-22(23)19-9-11-21(28)12-10-19/h4-5,7-12,17-18,20H,3,6,13-16H2,1-2H3,(H,29,34)(H,30,33). The molecule has 1 saturated heterocycles. The molecule has 0 aliphatic carbocycles. The fourth-order valence-corrected chi connectivity index (χ4v) is 5.73. The molecule has 4 rings (SSSR count). The van der Waals surface area contributed by atoms with Crippen LogP contribution in [0.15, 0.2) is 53.9 Å². The Kier molecular flexibility index (Phi) is 8.46. The zero-order valence-electron chi connectivity index (χ0n) is 20.1. The predicted molar refractivity (Wildman–Crippen MR) is 146 cm³/mol. The summed E-state index contributed by atoms with van der Waals surface area (Å²) in [5.74, 6) is -0.199. The molecule has 2 N–H and O–H groups in total. The van der Waals surface area contributed by atoms with Crippen molar-refractivity contribution in [2.24, 2.45) is 0 Å². The van der Waals surface area contributed by atoms with Gasteiger partial charge in [-0.3, -0.25) is 4.79 Å². The molecule has 35 heavy (non-hydrogen) atoms. The molecule has 2 aromatic carbocycles. The van der Waals surface area contributed by atoms with E-state index in [1.165, 1.54) is 12.1 Å². The van der Waals surface area contributed by atoms with E-state index >= 15 is 0 Å². The van der Waals surface area contributed by atoms with Crippen LogP contribution in [0.25, 0.3) is 11.1 Å². The second-order valence-corrected chi connectivity index (χ2v) is 10.3. The summed E-state index contributed by atoms with van der Waals surface area (Å²) in [7, 11) is 0. The van der Waals surface area contributed by atoms with Gasteiger partial charge in [-0.1, -0.05) is 43.7 Å². The van der Waals surface area contributed by atoms with E-state index in [1.54, 1.807) is 23.5 Å². The maximum atomic E-state index is 13.3. The molecule has 1 atom stereocenters. The van der Waals surface area contributed by atoms with Crippen LogP contribution < -0.4 is 10.6 Å². The second kappa shape index (κ2) is 11.7. The van der Waals surface area contributed by atoms with E-state index in [0.717, 1.165) is 60.0 Å². The van der Waals surface area contributed by atoms with E-state index in [2.05, 4.69) is 34.4 Å². The lowest BCUT2D eigenvalue weighted by Gasteiger charge is -2.34. The number of aromatic nitrogens is 1. The van der Waals surface area contributed by atoms with Crippen molar-refractivity contribution in [3.8, 4) is 11.1 Å². The zero-order valence-corrected chi connectivity index (χ0v) is 21.7. The van der Waals surface area contributed by atoms with Gasteiger partial charge < -0.3 is 15.5 Å². The van der Waals surface area contributed by atoms with Crippen molar-refractivity contribution < 1.29 is 9.18 Å². The van der Waals surface area contributed by atoms with Gasteiger partial charge in [-0.05, 0) is 62.2 Å². The molecule has 8 heteroatoms. The van der Waals surface area contributed by atoms with Gasteiger partial charge in [-0.25, -0.2) is 9.37 Å². The zero-order chi connectivity index (χ0) is 24.8. The molecule has 0 bridgehead atoms. The first-order valence-corrected chi connectivity index (χ1v) is 13.4. The van der Waals surface area contributed by atoms with Gasteiger partial charge in [0.25, 0.3) is 5.91 Å². The van der Waals surface area contributed by atoms with E-state index in [9.17, 15) is 9.18 Å². The Morgan fingerprint density at radius 3 is 2.63 bits per heavy atom. The summed E-state index contributed by atoms with van der Waals surface area (Å²) in [5, 5.41) is 10.1. The van der Waals surface area contributed by atoms with Gasteiger partial charge in [-0.2, -0.15) is 0 Å². The molecular formula is C27H31FN4OS2. The van der Waals surface area contributed by atoms with Gasteiger partial charge in [0.15, 0.2) is 5.11 Å². The van der Waals surface area contributed by atoms with Crippen molar-refractivity contribution in [1.29, 1.82) is 0 Å². The van der Waals surface area contributed by atoms with Crippen molar-refractivity contribution in [1.82, 2.24) is 15.2 Å². The number of carbonyl (C=O) groups excluding carboxylic acids is 1. The molecule has 1 fully saturated rings. The molecule has 1 amide bonds. The van der Waals surface area contributed by atoms with Crippen LogP contribution in [-0.4, -0.2) is 40.0 Å². The first-order chi connectivity index (χ1) is 16.9. The molecular weight excluding hydrogens is 479 g/mol. The summed E-state index contributed by atoms with van der Waals surface area (Å²) in [6, 6.07) is 14.2. The van der Waals surface area contributed by atoms with Crippen LogP contribution in [0, 0.1) is 5.82 Å². The average Bonchev–Trinajstić information content (AvgIpc) is 3.36. The number of rotatable bonds is 7. The molecule has 1 aliphatic heterocycles. The minimum atomic E-state index is -0.291. The first-order valence-electron chi connectivity index (χ1n) is 12.1. The van der Waals surface area contributed by atoms with Gasteiger partial charge >= 0.3 is 0 Å². The molecule has 0 spiro atoms. The summed E-state index contributed by atoms with van der Waals surface area (Å²) in [4.78, 5) is 19.9. The number of thiocarbonyl (C=S) groups is 1. The van der Waals surface area contributed by atoms with Crippen molar-refractivity contribution >= 4 is 40.3 Å². The van der Waals surface area contributed by atoms with Gasteiger partial charge in [0.1, 0.15) is 11.5 Å². The quantitative estimate of drug-likeness (QED) is 0.358. The third-order valence-corrected chi connectivity index (χ3v) is 7.69. The van der Waals surface area contributed by atoms with Crippen LogP contribution in [-0.2, 0) is 0 Å². The van der Waals surface area contributed by atoms with Crippen LogP contribution in [0.4, 0.5) is 10.1 Å². The number of benzene rings is 2. The largest absolute Gasteiger partial charge is 0.360 e. The van der Waals surface area contributed by atoms with Crippen LogP contribution in [0.3, 0.4) is 0 Å². The van der Waals surface area contributed by atoms with Crippen molar-refractivity contribution in [3.63, 3.8) is 0 Å². The minimum Gasteiger partial charge on any atom is -0.360 e. The number of carbonyl (C=O) groups is 1. The van der Waals surface area contributed by atoms with Crippen LogP contribution in [0.5, 0.6) is 0 Å². The normalized spacial score (nSPS) is 15.0. The first kappa shape index (κ1) is 25.3. The van der Waals surface area contributed by atoms with E-state index in [4.69, 9.17) is 12.2 Å². The molecule has 0 saturated carbocycles. The highest BCUT2D eigenvalue weighted by molar-refractivity contribution is 7.80. The van der Waals surface area contributed by atoms with Gasteiger partial charge in [0, 0.05) is 41.7 Å². The Hall–Kier alpha value is -2.84. The number of thiazole rings is 1. The number of halogens is 1. The Balaban J connectivity index is 1.36. The number of hydrogen-bond acceptors (Lipinski definition) is 4. The van der Waals surface area contributed by atoms with Crippen molar-refractivity contribution in [3.05, 3.63) is 70.4 Å². The molecule has 5 nitrogen and oxygen atoms in total. The summed E-state index contributed by atoms with van der Waals surface area (Å²) in [6.45, 7) is 6.13. The molecule has 1 aromatic heterocycles. The van der Waals surface area contributed by atoms with Crippen LogP contribution in [0.2, 0.25) is 0 Å². The maximum absolute atomic E-state index is 13.3. The molecule has 0 radical (unpaired) electrons. The topological polar surface area (TPSA) is 57.3 Å². The number of amides is 1. The Labute approximate surface area is 215 Å². The summed E-state index contributed by atoms with van der Waals surface area (Å²) in [6.07, 6.45) is 4.17. The third-order valence-electron chi connectivity index (χ3n) is 6.31. The molecule has 3 aromatic rings. The SMILES string of the molecule is CCCC(C)NC(=S)N1CCC(c2nc(C(=O)Nc3ccccc3-c3ccc(F)cc3)cs2)CC1. The molecule has 2 heterocycles. The molecule has 1 unspecified atom stereocenters. The van der Waals surface area contributed by atoms with Gasteiger partial charge in [-0.15, -0.1) is 11.3 Å². The van der Waals surface area contributed by atoms with Gasteiger partial charge in [0.05, 0.1) is 5.01 Å². The monoisotopic (exact) mass is 510 g/mol. The maximum Gasteiger partial charge on any atom is 0.275 e. The smallest absolute Gasteiger partial charge is 0.275 e. The predicted octanol–water partition coefficient (Wildman–Crippen LogP) is 6.44. The number of likely N-dealkylation sites (tertiary alicyclic amines) is 1. The summed E-state index contributed by atoms with van der Waals surface area (Å²) in [5.41, 5.74) is 2.77. The lowest BCUT2D eigenvalue weighted by Crippen LogP contribution is -2.46. The van der Waals surface area contributed by atoms with Crippen molar-refractivity contribution in [2.45, 2.75) is 51.5 Å². The van der Waals surface area contributed by atoms with Crippen LogP contribution in [0.1, 0.15) is 60.9 Å². The lowest BCUT2D eigenvalue weighted by molar-refractivity contribution is 0.102. The fraction of sp³-hybridized carbons (Fsp3) is 0.370. The lowest BCUT2D eigenvalue weighted by atomic mass is 9.98. The highest BCUT2D eigenvalue weighted by atomic mass is 32.1. The Morgan fingerprint density at radius 1 is 1.20 bits per heavy atom. The van der Waals surface area contributed by atoms with E-state index in [0.29, 0.717) is 23.3 Å². The number of anilines is 1.